The second-order valence-electron chi connectivity index (χ2n) is 7.44. The lowest BCUT2D eigenvalue weighted by atomic mass is 10.0. The molecule has 0 nitrogen and oxygen atoms in total. The molecule has 0 saturated heterocycles. The maximum absolute atomic E-state index is 3.78. The standard InChI is InChI=1S/C23H46/c1-3-5-7-9-11-13-15-17-19-21-23-22-20-18-16-14-12-10-8-6-4-2/h3H,1,4-23H2,2H3. The van der Waals surface area contributed by atoms with E-state index in [4.69, 9.17) is 0 Å². The van der Waals surface area contributed by atoms with E-state index in [1.54, 1.807) is 0 Å². The van der Waals surface area contributed by atoms with E-state index < -0.39 is 0 Å². The Morgan fingerprint density at radius 3 is 0.957 bits per heavy atom. The van der Waals surface area contributed by atoms with Crippen molar-refractivity contribution in [2.24, 2.45) is 0 Å². The van der Waals surface area contributed by atoms with Crippen LogP contribution in [0.1, 0.15) is 135 Å². The van der Waals surface area contributed by atoms with Gasteiger partial charge in [-0.25, -0.2) is 0 Å². The predicted molar refractivity (Wildman–Crippen MR) is 108 cm³/mol. The largest absolute Gasteiger partial charge is 0.103 e. The average Bonchev–Trinajstić information content (AvgIpc) is 2.57. The van der Waals surface area contributed by atoms with Crippen molar-refractivity contribution in [2.75, 3.05) is 0 Å². The van der Waals surface area contributed by atoms with Crippen LogP contribution in [0, 0.1) is 0 Å². The van der Waals surface area contributed by atoms with Crippen LogP contribution in [0.4, 0.5) is 0 Å². The molecule has 0 heterocycles. The van der Waals surface area contributed by atoms with Crippen LogP contribution in [-0.2, 0) is 0 Å². The van der Waals surface area contributed by atoms with Gasteiger partial charge in [-0.2, -0.15) is 0 Å². The molecule has 0 bridgehead atoms. The van der Waals surface area contributed by atoms with Gasteiger partial charge in [0.1, 0.15) is 0 Å². The lowest BCUT2D eigenvalue weighted by molar-refractivity contribution is 0.523. The Bertz CT molecular complexity index is 206. The molecule has 0 atom stereocenters. The molecular weight excluding hydrogens is 276 g/mol. The minimum Gasteiger partial charge on any atom is -0.103 e. The molecule has 138 valence electrons. The third-order valence-electron chi connectivity index (χ3n) is 5.01. The van der Waals surface area contributed by atoms with Gasteiger partial charge >= 0.3 is 0 Å². The van der Waals surface area contributed by atoms with Gasteiger partial charge in [0, 0.05) is 0 Å². The zero-order chi connectivity index (χ0) is 16.8. The van der Waals surface area contributed by atoms with E-state index in [1.807, 2.05) is 6.08 Å². The third-order valence-corrected chi connectivity index (χ3v) is 5.01. The second-order valence-corrected chi connectivity index (χ2v) is 7.44. The fourth-order valence-corrected chi connectivity index (χ4v) is 3.37. The molecule has 23 heavy (non-hydrogen) atoms. The Labute approximate surface area is 148 Å². The van der Waals surface area contributed by atoms with Crippen LogP contribution in [0.5, 0.6) is 0 Å². The molecule has 0 aromatic rings. The van der Waals surface area contributed by atoms with Gasteiger partial charge in [0.2, 0.25) is 0 Å². The molecule has 0 fully saturated rings. The van der Waals surface area contributed by atoms with Crippen molar-refractivity contribution in [2.45, 2.75) is 135 Å². The first kappa shape index (κ1) is 22.7. The summed E-state index contributed by atoms with van der Waals surface area (Å²) >= 11 is 0. The van der Waals surface area contributed by atoms with Crippen LogP contribution in [0.2, 0.25) is 0 Å². The maximum Gasteiger partial charge on any atom is -0.0353 e. The summed E-state index contributed by atoms with van der Waals surface area (Å²) < 4.78 is 0. The summed E-state index contributed by atoms with van der Waals surface area (Å²) in [6, 6.07) is 0. The van der Waals surface area contributed by atoms with Gasteiger partial charge in [0.25, 0.3) is 0 Å². The molecule has 0 saturated carbocycles. The Morgan fingerprint density at radius 2 is 0.696 bits per heavy atom. The van der Waals surface area contributed by atoms with Crippen molar-refractivity contribution < 1.29 is 0 Å². The molecule has 0 N–H and O–H groups in total. The van der Waals surface area contributed by atoms with Crippen molar-refractivity contribution in [1.29, 1.82) is 0 Å². The summed E-state index contributed by atoms with van der Waals surface area (Å²) in [5, 5.41) is 0. The minimum atomic E-state index is 1.21. The molecule has 0 rings (SSSR count). The smallest absolute Gasteiger partial charge is 0.0353 e. The lowest BCUT2D eigenvalue weighted by Gasteiger charge is -2.03. The number of rotatable bonds is 20. The summed E-state index contributed by atoms with van der Waals surface area (Å²) in [5.74, 6) is 0. The molecular formula is C23H46. The van der Waals surface area contributed by atoms with Crippen molar-refractivity contribution in [3.05, 3.63) is 12.7 Å². The van der Waals surface area contributed by atoms with Crippen LogP contribution in [0.3, 0.4) is 0 Å². The van der Waals surface area contributed by atoms with Gasteiger partial charge in [0.15, 0.2) is 0 Å². The van der Waals surface area contributed by atoms with Crippen LogP contribution in [0.25, 0.3) is 0 Å². The van der Waals surface area contributed by atoms with E-state index in [1.165, 1.54) is 128 Å². The van der Waals surface area contributed by atoms with E-state index in [0.717, 1.165) is 0 Å². The van der Waals surface area contributed by atoms with Gasteiger partial charge in [-0.05, 0) is 12.8 Å². The Morgan fingerprint density at radius 1 is 0.435 bits per heavy atom. The van der Waals surface area contributed by atoms with Crippen LogP contribution in [0.15, 0.2) is 12.7 Å². The topological polar surface area (TPSA) is 0 Å². The molecule has 0 aliphatic heterocycles. The van der Waals surface area contributed by atoms with Crippen molar-refractivity contribution in [3.8, 4) is 0 Å². The monoisotopic (exact) mass is 322 g/mol. The first-order valence-electron chi connectivity index (χ1n) is 11.0. The summed E-state index contributed by atoms with van der Waals surface area (Å²) in [6.45, 7) is 6.07. The predicted octanol–water partition coefficient (Wildman–Crippen LogP) is 8.99. The SMILES string of the molecule is C=CCCCCCCCCCCCCCCCCCCCCC. The van der Waals surface area contributed by atoms with E-state index in [9.17, 15) is 0 Å². The molecule has 0 radical (unpaired) electrons. The van der Waals surface area contributed by atoms with E-state index in [-0.39, 0.29) is 0 Å². The fourth-order valence-electron chi connectivity index (χ4n) is 3.37. The quantitative estimate of drug-likeness (QED) is 0.155. The van der Waals surface area contributed by atoms with Gasteiger partial charge in [0.05, 0.1) is 0 Å². The average molecular weight is 323 g/mol. The Balaban J connectivity index is 2.93. The molecule has 0 spiro atoms. The van der Waals surface area contributed by atoms with Gasteiger partial charge in [-0.3, -0.25) is 0 Å². The molecule has 0 aliphatic rings. The van der Waals surface area contributed by atoms with E-state index in [0.29, 0.717) is 0 Å². The molecule has 0 unspecified atom stereocenters. The van der Waals surface area contributed by atoms with Crippen LogP contribution in [-0.4, -0.2) is 0 Å². The van der Waals surface area contributed by atoms with E-state index >= 15 is 0 Å². The Kier molecular flexibility index (Phi) is 21.5. The van der Waals surface area contributed by atoms with Crippen LogP contribution >= 0.6 is 0 Å². The lowest BCUT2D eigenvalue weighted by Crippen LogP contribution is -1.84. The number of hydrogen-bond donors (Lipinski definition) is 0. The zero-order valence-electron chi connectivity index (χ0n) is 16.4. The third kappa shape index (κ3) is 21.7. The minimum absolute atomic E-state index is 1.21. The molecule has 0 aliphatic carbocycles. The van der Waals surface area contributed by atoms with Gasteiger partial charge in [-0.15, -0.1) is 6.58 Å². The summed E-state index contributed by atoms with van der Waals surface area (Å²) in [6.07, 6.45) is 30.9. The van der Waals surface area contributed by atoms with Crippen molar-refractivity contribution >= 4 is 0 Å². The van der Waals surface area contributed by atoms with Gasteiger partial charge in [-0.1, -0.05) is 129 Å². The highest BCUT2D eigenvalue weighted by Crippen LogP contribution is 2.14. The van der Waals surface area contributed by atoms with Gasteiger partial charge < -0.3 is 0 Å². The van der Waals surface area contributed by atoms with Crippen molar-refractivity contribution in [1.82, 2.24) is 0 Å². The first-order valence-corrected chi connectivity index (χ1v) is 11.0. The first-order chi connectivity index (χ1) is 11.4. The van der Waals surface area contributed by atoms with Crippen molar-refractivity contribution in [3.63, 3.8) is 0 Å². The highest BCUT2D eigenvalue weighted by atomic mass is 14.0. The molecule has 0 heteroatoms. The second kappa shape index (κ2) is 21.7. The highest BCUT2D eigenvalue weighted by Gasteiger charge is 1.94. The number of hydrogen-bond acceptors (Lipinski definition) is 0. The summed E-state index contributed by atoms with van der Waals surface area (Å²) in [5.41, 5.74) is 0. The molecule has 0 amide bonds. The van der Waals surface area contributed by atoms with E-state index in [2.05, 4.69) is 13.5 Å². The summed E-state index contributed by atoms with van der Waals surface area (Å²) in [7, 11) is 0. The molecule has 0 aromatic heterocycles. The number of allylic oxidation sites excluding steroid dienone is 1. The Hall–Kier alpha value is -0.260. The molecule has 0 aromatic carbocycles. The van der Waals surface area contributed by atoms with Crippen LogP contribution < -0.4 is 0 Å². The maximum atomic E-state index is 3.78. The highest BCUT2D eigenvalue weighted by molar-refractivity contribution is 4.65. The normalized spacial score (nSPS) is 11.0. The summed E-state index contributed by atoms with van der Waals surface area (Å²) in [4.78, 5) is 0. The zero-order valence-corrected chi connectivity index (χ0v) is 16.4. The fraction of sp³-hybridized carbons (Fsp3) is 0.913. The number of unbranched alkanes of at least 4 members (excludes halogenated alkanes) is 19.